The molecule has 0 radical (unpaired) electrons. The van der Waals surface area contributed by atoms with Crippen LogP contribution in [0.15, 0.2) is 30.3 Å². The molecular formula is C26H37N3O3S3. The minimum absolute atomic E-state index is 0.0724. The molecule has 0 aliphatic carbocycles. The summed E-state index contributed by atoms with van der Waals surface area (Å²) < 4.78 is 18.2. The fourth-order valence-electron chi connectivity index (χ4n) is 5.23. The molecule has 3 unspecified atom stereocenters. The van der Waals surface area contributed by atoms with Crippen LogP contribution in [-0.2, 0) is 20.6 Å². The predicted molar refractivity (Wildman–Crippen MR) is 151 cm³/mol. The van der Waals surface area contributed by atoms with Crippen molar-refractivity contribution in [2.75, 3.05) is 26.7 Å². The highest BCUT2D eigenvalue weighted by atomic mass is 32.1. The van der Waals surface area contributed by atoms with Gasteiger partial charge in [0.05, 0.1) is 24.7 Å². The van der Waals surface area contributed by atoms with E-state index in [1.54, 1.807) is 0 Å². The van der Waals surface area contributed by atoms with Gasteiger partial charge in [-0.2, -0.15) is 0 Å². The molecule has 3 aliphatic heterocycles. The maximum absolute atomic E-state index is 6.35. The summed E-state index contributed by atoms with van der Waals surface area (Å²) in [5.41, 5.74) is 0.902. The third kappa shape index (κ3) is 5.37. The van der Waals surface area contributed by atoms with E-state index in [1.165, 1.54) is 5.56 Å². The third-order valence-corrected chi connectivity index (χ3v) is 8.92. The first kappa shape index (κ1) is 26.4. The summed E-state index contributed by atoms with van der Waals surface area (Å²) >= 11 is 16.7. The number of ether oxygens (including phenoxy) is 3. The molecule has 0 N–H and O–H groups in total. The summed E-state index contributed by atoms with van der Waals surface area (Å²) in [7, 11) is 2.01. The Morgan fingerprint density at radius 2 is 1.71 bits per heavy atom. The standard InChI is InChI=1S/C26H37N3O3S3/c1-17-26(5,12-13-28-21(25(2,3)4)16-30-23(28)34)32-24(35)29(17)15-20-19(27(6)22(33)31-20)14-18-10-8-7-9-11-18/h7-11,17,19-21H,12-16H2,1-6H3/t17-,19-,20?,21?,26?/m0/s1. The Hall–Kier alpha value is -1.71. The Morgan fingerprint density at radius 1 is 1.03 bits per heavy atom. The lowest BCUT2D eigenvalue weighted by molar-refractivity contribution is 0.0521. The highest BCUT2D eigenvalue weighted by molar-refractivity contribution is 7.80. The zero-order valence-electron chi connectivity index (χ0n) is 21.5. The lowest BCUT2D eigenvalue weighted by Gasteiger charge is -2.36. The van der Waals surface area contributed by atoms with E-state index in [9.17, 15) is 0 Å². The van der Waals surface area contributed by atoms with Crippen molar-refractivity contribution in [1.29, 1.82) is 0 Å². The van der Waals surface area contributed by atoms with Gasteiger partial charge in [0.25, 0.3) is 15.5 Å². The van der Waals surface area contributed by atoms with Gasteiger partial charge in [-0.1, -0.05) is 51.1 Å². The average Bonchev–Trinajstić information content (AvgIpc) is 3.37. The summed E-state index contributed by atoms with van der Waals surface area (Å²) in [6.07, 6.45) is 1.55. The molecule has 1 aromatic carbocycles. The highest BCUT2D eigenvalue weighted by Crippen LogP contribution is 2.36. The number of thiocarbonyl (C=S) groups is 3. The van der Waals surface area contributed by atoms with Crippen LogP contribution in [0.2, 0.25) is 0 Å². The minimum Gasteiger partial charge on any atom is -0.469 e. The van der Waals surface area contributed by atoms with Gasteiger partial charge in [0, 0.05) is 20.0 Å². The molecule has 0 amide bonds. The van der Waals surface area contributed by atoms with Gasteiger partial charge in [0.15, 0.2) is 0 Å². The summed E-state index contributed by atoms with van der Waals surface area (Å²) in [5, 5.41) is 1.64. The Bertz CT molecular complexity index is 970. The van der Waals surface area contributed by atoms with Gasteiger partial charge >= 0.3 is 0 Å². The molecule has 0 spiro atoms. The van der Waals surface area contributed by atoms with Crippen molar-refractivity contribution < 1.29 is 14.2 Å². The second-order valence-electron chi connectivity index (χ2n) is 11.2. The van der Waals surface area contributed by atoms with E-state index in [4.69, 9.17) is 50.9 Å². The largest absolute Gasteiger partial charge is 0.469 e. The van der Waals surface area contributed by atoms with Crippen LogP contribution < -0.4 is 0 Å². The Labute approximate surface area is 225 Å². The van der Waals surface area contributed by atoms with Gasteiger partial charge in [-0.3, -0.25) is 0 Å². The molecule has 192 valence electrons. The normalized spacial score (nSPS) is 31.1. The van der Waals surface area contributed by atoms with Crippen LogP contribution >= 0.6 is 36.7 Å². The maximum Gasteiger partial charge on any atom is 0.260 e. The molecule has 3 fully saturated rings. The van der Waals surface area contributed by atoms with Gasteiger partial charge in [-0.25, -0.2) is 0 Å². The monoisotopic (exact) mass is 535 g/mol. The van der Waals surface area contributed by atoms with E-state index in [2.05, 4.69) is 73.6 Å². The second-order valence-corrected chi connectivity index (χ2v) is 12.2. The molecule has 35 heavy (non-hydrogen) atoms. The fourth-order valence-corrected chi connectivity index (χ4v) is 6.20. The molecule has 3 saturated heterocycles. The Balaban J connectivity index is 1.43. The molecule has 6 nitrogen and oxygen atoms in total. The summed E-state index contributed by atoms with van der Waals surface area (Å²) in [6.45, 7) is 13.0. The number of benzene rings is 1. The lowest BCUT2D eigenvalue weighted by Crippen LogP contribution is -2.49. The maximum atomic E-state index is 6.35. The van der Waals surface area contributed by atoms with Gasteiger partial charge in [0.1, 0.15) is 18.3 Å². The van der Waals surface area contributed by atoms with Crippen LogP contribution in [0.3, 0.4) is 0 Å². The van der Waals surface area contributed by atoms with E-state index in [0.717, 1.165) is 19.4 Å². The van der Waals surface area contributed by atoms with E-state index >= 15 is 0 Å². The number of likely N-dealkylation sites (N-methyl/N-ethyl adjacent to an activating group) is 1. The zero-order valence-corrected chi connectivity index (χ0v) is 24.0. The molecule has 1 aromatic rings. The average molecular weight is 536 g/mol. The van der Waals surface area contributed by atoms with Gasteiger partial charge in [-0.15, -0.1) is 0 Å². The first-order chi connectivity index (χ1) is 16.4. The number of hydrogen-bond donors (Lipinski definition) is 0. The molecule has 5 atom stereocenters. The predicted octanol–water partition coefficient (Wildman–Crippen LogP) is 4.40. The zero-order chi connectivity index (χ0) is 25.5. The van der Waals surface area contributed by atoms with Crippen LogP contribution in [0.1, 0.15) is 46.6 Å². The van der Waals surface area contributed by atoms with Gasteiger partial charge < -0.3 is 28.9 Å². The number of hydrogen-bond acceptors (Lipinski definition) is 6. The minimum atomic E-state index is -0.433. The van der Waals surface area contributed by atoms with Crippen molar-refractivity contribution in [3.8, 4) is 0 Å². The van der Waals surface area contributed by atoms with Crippen molar-refractivity contribution in [3.05, 3.63) is 35.9 Å². The molecule has 3 aliphatic rings. The van der Waals surface area contributed by atoms with Crippen molar-refractivity contribution in [2.24, 2.45) is 5.41 Å². The van der Waals surface area contributed by atoms with Crippen LogP contribution in [-0.4, -0.2) is 86.8 Å². The van der Waals surface area contributed by atoms with Crippen LogP contribution in [0.5, 0.6) is 0 Å². The van der Waals surface area contributed by atoms with Crippen LogP contribution in [0.4, 0.5) is 0 Å². The molecule has 0 aromatic heterocycles. The topological polar surface area (TPSA) is 37.4 Å². The Kier molecular flexibility index (Phi) is 7.51. The number of rotatable bonds is 7. The molecule has 3 heterocycles. The van der Waals surface area contributed by atoms with E-state index < -0.39 is 5.60 Å². The second kappa shape index (κ2) is 9.98. The SMILES string of the molecule is C[C@@H]1N(CC2OC(=S)N(C)[C@H]2Cc2ccccc2)C(=S)OC1(C)CCN1C(=S)OCC1C(C)(C)C. The van der Waals surface area contributed by atoms with E-state index in [1.807, 2.05) is 13.1 Å². The van der Waals surface area contributed by atoms with Crippen molar-refractivity contribution >= 4 is 52.2 Å². The summed E-state index contributed by atoms with van der Waals surface area (Å²) in [4.78, 5) is 6.45. The molecule has 9 heteroatoms. The lowest BCUT2D eigenvalue weighted by atomic mass is 9.86. The quantitative estimate of drug-likeness (QED) is 0.472. The Morgan fingerprint density at radius 3 is 2.37 bits per heavy atom. The van der Waals surface area contributed by atoms with Crippen LogP contribution in [0, 0.1) is 5.41 Å². The van der Waals surface area contributed by atoms with Crippen molar-refractivity contribution in [2.45, 2.75) is 77.3 Å². The van der Waals surface area contributed by atoms with Crippen molar-refractivity contribution in [1.82, 2.24) is 14.7 Å². The summed E-state index contributed by atoms with van der Waals surface area (Å²) in [5.74, 6) is 0. The molecular weight excluding hydrogens is 499 g/mol. The first-order valence-electron chi connectivity index (χ1n) is 12.3. The molecule has 4 rings (SSSR count). The highest BCUT2D eigenvalue weighted by Gasteiger charge is 2.50. The summed E-state index contributed by atoms with van der Waals surface area (Å²) in [6, 6.07) is 10.9. The van der Waals surface area contributed by atoms with E-state index in [-0.39, 0.29) is 29.6 Å². The van der Waals surface area contributed by atoms with Gasteiger partial charge in [-0.05, 0) is 67.9 Å². The first-order valence-corrected chi connectivity index (χ1v) is 13.5. The third-order valence-electron chi connectivity index (χ3n) is 7.86. The smallest absolute Gasteiger partial charge is 0.260 e. The van der Waals surface area contributed by atoms with Crippen LogP contribution in [0.25, 0.3) is 0 Å². The van der Waals surface area contributed by atoms with E-state index in [0.29, 0.717) is 28.7 Å². The number of nitrogens with zero attached hydrogens (tertiary/aromatic N) is 3. The molecule has 0 saturated carbocycles. The fraction of sp³-hybridized carbons (Fsp3) is 0.654. The van der Waals surface area contributed by atoms with Gasteiger partial charge in [0.2, 0.25) is 0 Å². The molecule has 0 bridgehead atoms. The van der Waals surface area contributed by atoms with Crippen molar-refractivity contribution in [3.63, 3.8) is 0 Å².